The Labute approximate surface area is 114 Å². The topological polar surface area (TPSA) is 3.24 Å². The minimum Gasteiger partial charge on any atom is -0.295 e. The molecule has 1 aromatic carbocycles. The van der Waals surface area contributed by atoms with Crippen LogP contribution in [0.4, 0.5) is 0 Å². The van der Waals surface area contributed by atoms with E-state index >= 15 is 0 Å². The molecule has 17 heavy (non-hydrogen) atoms. The molecule has 1 nitrogen and oxygen atoms in total. The first-order chi connectivity index (χ1) is 8.20. The van der Waals surface area contributed by atoms with Crippen LogP contribution in [0.25, 0.3) is 0 Å². The summed E-state index contributed by atoms with van der Waals surface area (Å²) in [4.78, 5) is 2.48. The first kappa shape index (κ1) is 13.2. The number of benzene rings is 1. The quantitative estimate of drug-likeness (QED) is 0.739. The minimum absolute atomic E-state index is 0.308. The fraction of sp³-hybridized carbons (Fsp3) is 0.571. The highest BCUT2D eigenvalue weighted by Gasteiger charge is 2.23. The van der Waals surface area contributed by atoms with E-state index in [-0.39, 0.29) is 0 Å². The zero-order chi connectivity index (χ0) is 12.3. The van der Waals surface area contributed by atoms with Crippen molar-refractivity contribution in [2.75, 3.05) is 19.0 Å². The molecule has 1 atom stereocenters. The van der Waals surface area contributed by atoms with Crippen LogP contribution in [-0.2, 0) is 0 Å². The normalized spacial score (nSPS) is 20.4. The van der Waals surface area contributed by atoms with Crippen LogP contribution in [0.15, 0.2) is 24.3 Å². The molecule has 1 saturated heterocycles. The van der Waals surface area contributed by atoms with Crippen LogP contribution in [0.2, 0.25) is 5.02 Å². The molecule has 0 N–H and O–H groups in total. The van der Waals surface area contributed by atoms with E-state index in [0.717, 1.165) is 24.0 Å². The largest absolute Gasteiger partial charge is 0.295 e. The summed E-state index contributed by atoms with van der Waals surface area (Å²) in [7, 11) is 0. The molecule has 0 aromatic heterocycles. The second-order valence-corrected chi connectivity index (χ2v) is 5.69. The van der Waals surface area contributed by atoms with Crippen LogP contribution in [0.3, 0.4) is 0 Å². The predicted octanol–water partition coefficient (Wildman–Crippen LogP) is 4.35. The number of alkyl halides is 1. The van der Waals surface area contributed by atoms with Gasteiger partial charge >= 0.3 is 0 Å². The Morgan fingerprint density at radius 3 is 2.65 bits per heavy atom. The van der Waals surface area contributed by atoms with Crippen molar-refractivity contribution in [3.8, 4) is 0 Å². The van der Waals surface area contributed by atoms with E-state index in [2.05, 4.69) is 17.9 Å². The maximum absolute atomic E-state index is 6.14. The van der Waals surface area contributed by atoms with Gasteiger partial charge in [0, 0.05) is 16.9 Å². The van der Waals surface area contributed by atoms with Gasteiger partial charge < -0.3 is 0 Å². The summed E-state index contributed by atoms with van der Waals surface area (Å²) in [6.07, 6.45) is 2.54. The summed E-state index contributed by atoms with van der Waals surface area (Å²) < 4.78 is 0. The van der Waals surface area contributed by atoms with Gasteiger partial charge in [0.1, 0.15) is 0 Å². The fourth-order valence-electron chi connectivity index (χ4n) is 2.45. The molecule has 1 aliphatic heterocycles. The number of nitrogens with zero attached hydrogens (tertiary/aromatic N) is 1. The number of hydrogen-bond acceptors (Lipinski definition) is 1. The average molecular weight is 272 g/mol. The van der Waals surface area contributed by atoms with Gasteiger partial charge in [-0.3, -0.25) is 4.90 Å². The second-order valence-electron chi connectivity index (χ2n) is 4.94. The molecule has 3 heteroatoms. The number of rotatable bonds is 3. The first-order valence-corrected chi connectivity index (χ1v) is 7.17. The van der Waals surface area contributed by atoms with Crippen LogP contribution in [0.1, 0.15) is 31.4 Å². The summed E-state index contributed by atoms with van der Waals surface area (Å²) in [5.74, 6) is 1.48. The van der Waals surface area contributed by atoms with Gasteiger partial charge in [-0.05, 0) is 49.5 Å². The molecule has 0 aliphatic carbocycles. The Balaban J connectivity index is 2.10. The number of likely N-dealkylation sites (tertiary alicyclic amines) is 1. The molecule has 0 amide bonds. The third-order valence-corrected chi connectivity index (χ3v) is 4.17. The summed E-state index contributed by atoms with van der Waals surface area (Å²) in [6.45, 7) is 4.61. The van der Waals surface area contributed by atoms with Crippen molar-refractivity contribution in [1.82, 2.24) is 4.90 Å². The van der Waals surface area contributed by atoms with Gasteiger partial charge in [-0.15, -0.1) is 11.6 Å². The average Bonchev–Trinajstić information content (AvgIpc) is 2.33. The zero-order valence-corrected chi connectivity index (χ0v) is 11.7. The Morgan fingerprint density at radius 2 is 2.06 bits per heavy atom. The summed E-state index contributed by atoms with van der Waals surface area (Å²) in [5, 5.41) is 0.794. The van der Waals surface area contributed by atoms with Crippen LogP contribution < -0.4 is 0 Å². The van der Waals surface area contributed by atoms with Gasteiger partial charge in [-0.1, -0.05) is 30.7 Å². The van der Waals surface area contributed by atoms with Gasteiger partial charge in [0.25, 0.3) is 0 Å². The van der Waals surface area contributed by atoms with E-state index in [0.29, 0.717) is 11.9 Å². The van der Waals surface area contributed by atoms with E-state index in [9.17, 15) is 0 Å². The van der Waals surface area contributed by atoms with Crippen LogP contribution in [-0.4, -0.2) is 23.9 Å². The second kappa shape index (κ2) is 6.08. The Morgan fingerprint density at radius 1 is 1.35 bits per heavy atom. The van der Waals surface area contributed by atoms with E-state index < -0.39 is 0 Å². The van der Waals surface area contributed by atoms with E-state index in [1.807, 2.05) is 18.2 Å². The van der Waals surface area contributed by atoms with Crippen LogP contribution in [0.5, 0.6) is 0 Å². The van der Waals surface area contributed by atoms with Gasteiger partial charge in [0.2, 0.25) is 0 Å². The van der Waals surface area contributed by atoms with Gasteiger partial charge in [-0.25, -0.2) is 0 Å². The van der Waals surface area contributed by atoms with Crippen molar-refractivity contribution in [3.05, 3.63) is 34.9 Å². The zero-order valence-electron chi connectivity index (χ0n) is 10.2. The lowest BCUT2D eigenvalue weighted by atomic mass is 9.96. The molecule has 1 fully saturated rings. The molecule has 1 heterocycles. The molecule has 0 bridgehead atoms. The highest BCUT2D eigenvalue weighted by Crippen LogP contribution is 2.28. The fourth-order valence-corrected chi connectivity index (χ4v) is 3.02. The summed E-state index contributed by atoms with van der Waals surface area (Å²) in [6, 6.07) is 8.38. The van der Waals surface area contributed by atoms with E-state index in [1.54, 1.807) is 0 Å². The monoisotopic (exact) mass is 271 g/mol. The molecule has 94 valence electrons. The Kier molecular flexibility index (Phi) is 4.72. The smallest absolute Gasteiger partial charge is 0.0484 e. The van der Waals surface area contributed by atoms with Gasteiger partial charge in [0.15, 0.2) is 0 Å². The Hall–Kier alpha value is -0.240. The molecule has 1 aliphatic rings. The predicted molar refractivity (Wildman–Crippen MR) is 74.9 cm³/mol. The molecular weight excluding hydrogens is 253 g/mol. The van der Waals surface area contributed by atoms with Crippen molar-refractivity contribution in [2.24, 2.45) is 5.92 Å². The van der Waals surface area contributed by atoms with Crippen molar-refractivity contribution in [3.63, 3.8) is 0 Å². The van der Waals surface area contributed by atoms with Crippen molar-refractivity contribution >= 4 is 23.2 Å². The molecule has 0 spiro atoms. The first-order valence-electron chi connectivity index (χ1n) is 6.26. The lowest BCUT2D eigenvalue weighted by Gasteiger charge is -2.36. The van der Waals surface area contributed by atoms with Gasteiger partial charge in [-0.2, -0.15) is 0 Å². The lowest BCUT2D eigenvalue weighted by molar-refractivity contribution is 0.149. The van der Waals surface area contributed by atoms with E-state index in [4.69, 9.17) is 23.2 Å². The number of halogens is 2. The third kappa shape index (κ3) is 3.37. The number of piperidine rings is 1. The summed E-state index contributed by atoms with van der Waals surface area (Å²) >= 11 is 12.2. The third-order valence-electron chi connectivity index (χ3n) is 3.64. The highest BCUT2D eigenvalue weighted by atomic mass is 35.5. The molecule has 1 unspecified atom stereocenters. The van der Waals surface area contributed by atoms with Gasteiger partial charge in [0.05, 0.1) is 0 Å². The van der Waals surface area contributed by atoms with Crippen LogP contribution >= 0.6 is 23.2 Å². The molecule has 0 radical (unpaired) electrons. The van der Waals surface area contributed by atoms with Crippen LogP contribution in [0, 0.1) is 5.92 Å². The molecule has 1 aromatic rings. The molecule has 2 rings (SSSR count). The van der Waals surface area contributed by atoms with Crippen molar-refractivity contribution in [1.29, 1.82) is 0 Å². The summed E-state index contributed by atoms with van der Waals surface area (Å²) in [5.41, 5.74) is 1.24. The van der Waals surface area contributed by atoms with E-state index in [1.165, 1.54) is 18.4 Å². The SMILES string of the molecule is CC1CCN(C(CCl)c2cccc(Cl)c2)CC1. The minimum atomic E-state index is 0.308. The maximum Gasteiger partial charge on any atom is 0.0484 e. The van der Waals surface area contributed by atoms with Crippen molar-refractivity contribution < 1.29 is 0 Å². The number of hydrogen-bond donors (Lipinski definition) is 0. The maximum atomic E-state index is 6.14. The highest BCUT2D eigenvalue weighted by molar-refractivity contribution is 6.30. The molecule has 0 saturated carbocycles. The lowest BCUT2D eigenvalue weighted by Crippen LogP contribution is -2.37. The Bertz CT molecular complexity index is 359. The molecular formula is C14H19Cl2N. The standard InChI is InChI=1S/C14H19Cl2N/c1-11-5-7-17(8-6-11)14(10-15)12-3-2-4-13(16)9-12/h2-4,9,11,14H,5-8,10H2,1H3. The van der Waals surface area contributed by atoms with Crippen molar-refractivity contribution in [2.45, 2.75) is 25.8 Å².